The molecule has 130 valence electrons. The lowest BCUT2D eigenvalue weighted by molar-refractivity contribution is -0.145. The fourth-order valence-electron chi connectivity index (χ4n) is 2.96. The lowest BCUT2D eigenvalue weighted by Gasteiger charge is -2.27. The molecule has 1 saturated heterocycles. The molecule has 1 aliphatic rings. The Morgan fingerprint density at radius 1 is 1.12 bits per heavy atom. The molecule has 0 atom stereocenters. The zero-order chi connectivity index (χ0) is 17.8. The Bertz CT molecular complexity index is 990. The van der Waals surface area contributed by atoms with Gasteiger partial charge in [-0.15, -0.1) is 10.2 Å². The first-order valence-corrected chi connectivity index (χ1v) is 7.90. The number of Topliss-reactive ketones (excluding diaryl/α,β-unsaturated/α-hetero) is 1. The minimum atomic E-state index is -4.68. The summed E-state index contributed by atoms with van der Waals surface area (Å²) >= 11 is 5.95. The van der Waals surface area contributed by atoms with E-state index < -0.39 is 12.0 Å². The minimum absolute atomic E-state index is 0.00330. The molecule has 0 aliphatic carbocycles. The maximum absolute atomic E-state index is 13.4. The number of hydrogen-bond donors (Lipinski definition) is 0. The maximum atomic E-state index is 13.4. The number of benzene rings is 1. The van der Waals surface area contributed by atoms with E-state index in [1.807, 2.05) is 0 Å². The molecular formula is C15H11ClF3N5O. The van der Waals surface area contributed by atoms with Gasteiger partial charge in [0.2, 0.25) is 11.5 Å². The van der Waals surface area contributed by atoms with Crippen LogP contribution in [0, 0.1) is 0 Å². The number of alkyl halides is 3. The lowest BCUT2D eigenvalue weighted by Crippen LogP contribution is -2.34. The molecule has 0 N–H and O–H groups in total. The van der Waals surface area contributed by atoms with Crippen molar-refractivity contribution in [3.8, 4) is 0 Å². The number of aromatic nitrogens is 4. The Morgan fingerprint density at radius 2 is 1.84 bits per heavy atom. The standard InChI is InChI=1S/C15H11ClF3N5O/c16-8-1-2-10-11(7-8)24-13(21-22-14(24)15(17,18)19)12(20-10)23-5-3-9(25)4-6-23/h1-2,7H,3-6H2. The molecular weight excluding hydrogens is 359 g/mol. The Balaban J connectivity index is 2.02. The summed E-state index contributed by atoms with van der Waals surface area (Å²) in [5.41, 5.74) is 0.516. The number of halogens is 4. The fraction of sp³-hybridized carbons (Fsp3) is 0.333. The average molecular weight is 370 g/mol. The van der Waals surface area contributed by atoms with Crippen LogP contribution >= 0.6 is 11.6 Å². The summed E-state index contributed by atoms with van der Waals surface area (Å²) in [5.74, 6) is -0.728. The van der Waals surface area contributed by atoms with E-state index in [4.69, 9.17) is 11.6 Å². The number of fused-ring (bicyclic) bond motifs is 3. The number of anilines is 1. The van der Waals surface area contributed by atoms with Gasteiger partial charge in [0.15, 0.2) is 5.82 Å². The van der Waals surface area contributed by atoms with Crippen LogP contribution in [0.1, 0.15) is 18.7 Å². The van der Waals surface area contributed by atoms with Gasteiger partial charge < -0.3 is 4.90 Å². The lowest BCUT2D eigenvalue weighted by atomic mass is 10.1. The van der Waals surface area contributed by atoms with E-state index in [9.17, 15) is 18.0 Å². The van der Waals surface area contributed by atoms with Crippen LogP contribution in [0.15, 0.2) is 18.2 Å². The zero-order valence-electron chi connectivity index (χ0n) is 12.7. The highest BCUT2D eigenvalue weighted by atomic mass is 35.5. The second-order valence-electron chi connectivity index (χ2n) is 5.77. The molecule has 0 amide bonds. The Kier molecular flexibility index (Phi) is 3.57. The summed E-state index contributed by atoms with van der Waals surface area (Å²) in [4.78, 5) is 17.7. The van der Waals surface area contributed by atoms with Gasteiger partial charge in [0.05, 0.1) is 11.0 Å². The van der Waals surface area contributed by atoms with Crippen LogP contribution < -0.4 is 4.90 Å². The fourth-order valence-corrected chi connectivity index (χ4v) is 3.12. The van der Waals surface area contributed by atoms with Crippen molar-refractivity contribution in [2.24, 2.45) is 0 Å². The third-order valence-electron chi connectivity index (χ3n) is 4.14. The van der Waals surface area contributed by atoms with Gasteiger partial charge in [-0.1, -0.05) is 11.6 Å². The highest BCUT2D eigenvalue weighted by Crippen LogP contribution is 2.33. The Morgan fingerprint density at radius 3 is 2.52 bits per heavy atom. The average Bonchev–Trinajstić information content (AvgIpc) is 3.01. The Labute approximate surface area is 144 Å². The van der Waals surface area contributed by atoms with Crippen LogP contribution in [-0.2, 0) is 11.0 Å². The van der Waals surface area contributed by atoms with Gasteiger partial charge in [-0.25, -0.2) is 4.98 Å². The van der Waals surface area contributed by atoms with E-state index in [0.29, 0.717) is 31.4 Å². The topological polar surface area (TPSA) is 63.4 Å². The van der Waals surface area contributed by atoms with Gasteiger partial charge in [-0.05, 0) is 18.2 Å². The summed E-state index contributed by atoms with van der Waals surface area (Å²) in [5, 5.41) is 7.33. The summed E-state index contributed by atoms with van der Waals surface area (Å²) in [6, 6.07) is 4.51. The van der Waals surface area contributed by atoms with Crippen LogP contribution in [0.2, 0.25) is 5.02 Å². The van der Waals surface area contributed by atoms with Crippen molar-refractivity contribution < 1.29 is 18.0 Å². The molecule has 4 rings (SSSR count). The zero-order valence-corrected chi connectivity index (χ0v) is 13.5. The predicted octanol–water partition coefficient (Wildman–Crippen LogP) is 3.12. The third-order valence-corrected chi connectivity index (χ3v) is 4.38. The highest BCUT2D eigenvalue weighted by Gasteiger charge is 2.38. The molecule has 1 fully saturated rings. The summed E-state index contributed by atoms with van der Waals surface area (Å²) in [7, 11) is 0. The van der Waals surface area contributed by atoms with E-state index in [-0.39, 0.29) is 27.8 Å². The minimum Gasteiger partial charge on any atom is -0.353 e. The molecule has 0 saturated carbocycles. The molecule has 25 heavy (non-hydrogen) atoms. The van der Waals surface area contributed by atoms with Gasteiger partial charge in [0, 0.05) is 31.0 Å². The van der Waals surface area contributed by atoms with E-state index in [1.54, 1.807) is 17.0 Å². The first-order chi connectivity index (χ1) is 11.8. The molecule has 0 bridgehead atoms. The predicted molar refractivity (Wildman–Crippen MR) is 84.8 cm³/mol. The monoisotopic (exact) mass is 369 g/mol. The number of nitrogens with zero attached hydrogens (tertiary/aromatic N) is 5. The van der Waals surface area contributed by atoms with Gasteiger partial charge in [-0.3, -0.25) is 9.20 Å². The number of hydrogen-bond acceptors (Lipinski definition) is 5. The van der Waals surface area contributed by atoms with Crippen LogP contribution in [0.4, 0.5) is 19.0 Å². The van der Waals surface area contributed by atoms with E-state index in [0.717, 1.165) is 4.40 Å². The molecule has 0 radical (unpaired) electrons. The molecule has 10 heteroatoms. The van der Waals surface area contributed by atoms with Gasteiger partial charge in [-0.2, -0.15) is 13.2 Å². The van der Waals surface area contributed by atoms with E-state index in [1.165, 1.54) is 6.07 Å². The first kappa shape index (κ1) is 16.1. The van der Waals surface area contributed by atoms with Crippen molar-refractivity contribution in [2.75, 3.05) is 18.0 Å². The molecule has 0 spiro atoms. The van der Waals surface area contributed by atoms with Crippen molar-refractivity contribution in [3.63, 3.8) is 0 Å². The van der Waals surface area contributed by atoms with Crippen molar-refractivity contribution in [1.29, 1.82) is 0 Å². The highest BCUT2D eigenvalue weighted by molar-refractivity contribution is 6.31. The van der Waals surface area contributed by atoms with Crippen LogP contribution in [0.25, 0.3) is 16.7 Å². The first-order valence-electron chi connectivity index (χ1n) is 7.53. The smallest absolute Gasteiger partial charge is 0.353 e. The molecule has 1 aliphatic heterocycles. The van der Waals surface area contributed by atoms with Gasteiger partial charge in [0.25, 0.3) is 0 Å². The van der Waals surface area contributed by atoms with E-state index >= 15 is 0 Å². The molecule has 6 nitrogen and oxygen atoms in total. The summed E-state index contributed by atoms with van der Waals surface area (Å²) in [6.45, 7) is 0.767. The maximum Gasteiger partial charge on any atom is 0.452 e. The molecule has 3 heterocycles. The van der Waals surface area contributed by atoms with Crippen LogP contribution in [0.5, 0.6) is 0 Å². The number of carbonyl (C=O) groups is 1. The van der Waals surface area contributed by atoms with Crippen LogP contribution in [-0.4, -0.2) is 38.5 Å². The van der Waals surface area contributed by atoms with Crippen LogP contribution in [0.3, 0.4) is 0 Å². The SMILES string of the molecule is O=C1CCN(c2nc3ccc(Cl)cc3n3c(C(F)(F)F)nnc23)CC1. The summed E-state index contributed by atoms with van der Waals surface area (Å²) < 4.78 is 41.0. The third kappa shape index (κ3) is 2.68. The second kappa shape index (κ2) is 5.55. The van der Waals surface area contributed by atoms with Crippen molar-refractivity contribution in [3.05, 3.63) is 29.0 Å². The normalized spacial score (nSPS) is 16.2. The molecule has 2 aromatic heterocycles. The number of carbonyl (C=O) groups excluding carboxylic acids is 1. The largest absolute Gasteiger partial charge is 0.452 e. The van der Waals surface area contributed by atoms with Crippen molar-refractivity contribution in [2.45, 2.75) is 19.0 Å². The molecule has 3 aromatic rings. The van der Waals surface area contributed by atoms with Crippen molar-refractivity contribution in [1.82, 2.24) is 19.6 Å². The molecule has 1 aromatic carbocycles. The van der Waals surface area contributed by atoms with Crippen molar-refractivity contribution >= 4 is 39.9 Å². The van der Waals surface area contributed by atoms with Gasteiger partial charge >= 0.3 is 6.18 Å². The summed E-state index contributed by atoms with van der Waals surface area (Å²) in [6.07, 6.45) is -4.02. The number of piperidine rings is 1. The van der Waals surface area contributed by atoms with E-state index in [2.05, 4.69) is 15.2 Å². The number of ketones is 1. The Hall–Kier alpha value is -2.42. The quantitative estimate of drug-likeness (QED) is 0.659. The van der Waals surface area contributed by atoms with Gasteiger partial charge in [0.1, 0.15) is 5.78 Å². The molecule has 0 unspecified atom stereocenters. The number of rotatable bonds is 1. The second-order valence-corrected chi connectivity index (χ2v) is 6.21.